The van der Waals surface area contributed by atoms with Crippen LogP contribution in [0.1, 0.15) is 39.5 Å². The second-order valence-electron chi connectivity index (χ2n) is 8.09. The first kappa shape index (κ1) is 27.0. The topological polar surface area (TPSA) is 117 Å². The number of benzene rings is 3. The van der Waals surface area contributed by atoms with E-state index < -0.39 is 17.1 Å². The van der Waals surface area contributed by atoms with Crippen LogP contribution in [0.15, 0.2) is 70.0 Å². The van der Waals surface area contributed by atoms with Crippen LogP contribution in [-0.4, -0.2) is 33.7 Å². The van der Waals surface area contributed by atoms with E-state index in [0.717, 1.165) is 22.2 Å². The molecule has 0 radical (unpaired) electrons. The maximum absolute atomic E-state index is 13.0. The second kappa shape index (κ2) is 12.0. The molecule has 10 heteroatoms. The van der Waals surface area contributed by atoms with Gasteiger partial charge in [0.25, 0.3) is 11.1 Å². The molecule has 3 aromatic carbocycles. The molecule has 1 saturated heterocycles. The molecule has 38 heavy (non-hydrogen) atoms. The summed E-state index contributed by atoms with van der Waals surface area (Å²) in [5.41, 5.74) is 2.60. The first-order chi connectivity index (χ1) is 18.3. The number of carbonyl (C=O) groups excluding carboxylic acids is 2. The number of aromatic carboxylic acids is 1. The van der Waals surface area contributed by atoms with Gasteiger partial charge in [0.05, 0.1) is 39.7 Å². The maximum Gasteiger partial charge on any atom is 0.335 e. The van der Waals surface area contributed by atoms with E-state index in [4.69, 9.17) is 14.6 Å². The van der Waals surface area contributed by atoms with E-state index in [1.165, 1.54) is 12.1 Å². The molecule has 1 aliphatic heterocycles. The molecule has 0 aromatic heterocycles. The van der Waals surface area contributed by atoms with Crippen LogP contribution >= 0.6 is 27.7 Å². The van der Waals surface area contributed by atoms with Gasteiger partial charge in [0.2, 0.25) is 0 Å². The smallest absolute Gasteiger partial charge is 0.335 e. The summed E-state index contributed by atoms with van der Waals surface area (Å²) >= 11 is 4.34. The quantitative estimate of drug-likeness (QED) is 0.290. The van der Waals surface area contributed by atoms with Gasteiger partial charge in [0, 0.05) is 0 Å². The molecular formula is C28H21BrN2O6S. The summed E-state index contributed by atoms with van der Waals surface area (Å²) in [7, 11) is 0. The summed E-state index contributed by atoms with van der Waals surface area (Å²) in [6.07, 6.45) is 1.61. The molecule has 8 nitrogen and oxygen atoms in total. The lowest BCUT2D eigenvalue weighted by Gasteiger charge is -2.15. The van der Waals surface area contributed by atoms with Gasteiger partial charge in [0.1, 0.15) is 6.61 Å². The third-order valence-electron chi connectivity index (χ3n) is 5.55. The Bertz CT molecular complexity index is 1480. The van der Waals surface area contributed by atoms with E-state index >= 15 is 0 Å². The van der Waals surface area contributed by atoms with Crippen molar-refractivity contribution in [3.63, 3.8) is 0 Å². The summed E-state index contributed by atoms with van der Waals surface area (Å²) in [4.78, 5) is 38.1. The van der Waals surface area contributed by atoms with Crippen molar-refractivity contribution in [2.75, 3.05) is 6.61 Å². The molecule has 192 valence electrons. The first-order valence-corrected chi connectivity index (χ1v) is 13.1. The summed E-state index contributed by atoms with van der Waals surface area (Å²) < 4.78 is 12.3. The van der Waals surface area contributed by atoms with Crippen LogP contribution in [0.25, 0.3) is 6.08 Å². The predicted molar refractivity (Wildman–Crippen MR) is 146 cm³/mol. The fourth-order valence-corrected chi connectivity index (χ4v) is 5.11. The summed E-state index contributed by atoms with van der Waals surface area (Å²) in [5.74, 6) is -0.545. The average molecular weight is 593 g/mol. The number of halogens is 1. The van der Waals surface area contributed by atoms with E-state index in [1.807, 2.05) is 6.92 Å². The Balaban J connectivity index is 1.54. The van der Waals surface area contributed by atoms with Crippen molar-refractivity contribution in [3.8, 4) is 17.6 Å². The molecule has 1 aliphatic rings. The van der Waals surface area contributed by atoms with Crippen molar-refractivity contribution in [3.05, 3.63) is 97.9 Å². The highest BCUT2D eigenvalue weighted by molar-refractivity contribution is 9.10. The predicted octanol–water partition coefficient (Wildman–Crippen LogP) is 6.23. The van der Waals surface area contributed by atoms with Crippen molar-refractivity contribution in [1.82, 2.24) is 4.90 Å². The SMILES string of the molecule is CCOc1cc(/C=C2/SC(=O)N(Cc3ccccc3C#N)C2=O)cc(Br)c1OCc1ccc(C(=O)O)cc1. The van der Waals surface area contributed by atoms with Crippen molar-refractivity contribution >= 4 is 50.9 Å². The van der Waals surface area contributed by atoms with Gasteiger partial charge in [-0.15, -0.1) is 0 Å². The monoisotopic (exact) mass is 592 g/mol. The van der Waals surface area contributed by atoms with Gasteiger partial charge in [-0.2, -0.15) is 5.26 Å². The number of hydrogen-bond acceptors (Lipinski definition) is 7. The lowest BCUT2D eigenvalue weighted by molar-refractivity contribution is -0.123. The molecule has 1 N–H and O–H groups in total. The van der Waals surface area contributed by atoms with Crippen molar-refractivity contribution in [2.45, 2.75) is 20.1 Å². The molecule has 4 rings (SSSR count). The standard InChI is InChI=1S/C28H21BrN2O6S/c1-2-36-23-12-18(11-22(29)25(23)37-16-17-7-9-19(10-8-17)27(33)34)13-24-26(32)31(28(35)38-24)15-21-6-4-3-5-20(21)14-30/h3-13H,2,15-16H2,1H3,(H,33,34)/b24-13+. The Hall–Kier alpha value is -4.07. The van der Waals surface area contributed by atoms with Crippen LogP contribution in [-0.2, 0) is 17.9 Å². The van der Waals surface area contributed by atoms with E-state index in [1.54, 1.807) is 54.6 Å². The van der Waals surface area contributed by atoms with Crippen LogP contribution in [0.3, 0.4) is 0 Å². The molecular weight excluding hydrogens is 572 g/mol. The van der Waals surface area contributed by atoms with Crippen molar-refractivity contribution in [2.24, 2.45) is 0 Å². The number of nitriles is 1. The van der Waals surface area contributed by atoms with E-state index in [9.17, 15) is 19.6 Å². The van der Waals surface area contributed by atoms with E-state index in [-0.39, 0.29) is 23.6 Å². The minimum Gasteiger partial charge on any atom is -0.490 e. The van der Waals surface area contributed by atoms with E-state index in [2.05, 4.69) is 22.0 Å². The minimum atomic E-state index is -1.00. The molecule has 0 atom stereocenters. The molecule has 0 spiro atoms. The number of carboxylic acid groups (broad SMARTS) is 1. The number of rotatable bonds is 9. The van der Waals surface area contributed by atoms with Crippen LogP contribution < -0.4 is 9.47 Å². The van der Waals surface area contributed by atoms with Gasteiger partial charge < -0.3 is 14.6 Å². The molecule has 1 fully saturated rings. The normalized spacial score (nSPS) is 14.0. The zero-order valence-electron chi connectivity index (χ0n) is 20.1. The van der Waals surface area contributed by atoms with Gasteiger partial charge in [-0.25, -0.2) is 4.79 Å². The molecule has 2 amide bonds. The highest BCUT2D eigenvalue weighted by Crippen LogP contribution is 2.40. The van der Waals surface area contributed by atoms with Crippen LogP contribution in [0, 0.1) is 11.3 Å². The fraction of sp³-hybridized carbons (Fsp3) is 0.143. The first-order valence-electron chi connectivity index (χ1n) is 11.5. The third-order valence-corrected chi connectivity index (χ3v) is 7.05. The number of carbonyl (C=O) groups is 3. The lowest BCUT2D eigenvalue weighted by atomic mass is 10.1. The van der Waals surface area contributed by atoms with Gasteiger partial charge in [-0.1, -0.05) is 30.3 Å². The summed E-state index contributed by atoms with van der Waals surface area (Å²) in [6.45, 7) is 2.40. The second-order valence-corrected chi connectivity index (χ2v) is 9.94. The fourth-order valence-electron chi connectivity index (χ4n) is 3.70. The lowest BCUT2D eigenvalue weighted by Crippen LogP contribution is -2.27. The zero-order valence-corrected chi connectivity index (χ0v) is 22.5. The third kappa shape index (κ3) is 6.07. The number of amides is 2. The number of imide groups is 1. The van der Waals surface area contributed by atoms with Crippen LogP contribution in [0.2, 0.25) is 0 Å². The summed E-state index contributed by atoms with van der Waals surface area (Å²) in [6, 6.07) is 18.8. The number of thioether (sulfide) groups is 1. The molecule has 0 bridgehead atoms. The van der Waals surface area contributed by atoms with Crippen LogP contribution in [0.4, 0.5) is 4.79 Å². The van der Waals surface area contributed by atoms with Crippen LogP contribution in [0.5, 0.6) is 11.5 Å². The van der Waals surface area contributed by atoms with Crippen molar-refractivity contribution in [1.29, 1.82) is 5.26 Å². The van der Waals surface area contributed by atoms with Crippen molar-refractivity contribution < 1.29 is 29.0 Å². The number of nitrogens with zero attached hydrogens (tertiary/aromatic N) is 2. The maximum atomic E-state index is 13.0. The average Bonchev–Trinajstić information content (AvgIpc) is 3.16. The summed E-state index contributed by atoms with van der Waals surface area (Å²) in [5, 5.41) is 18.0. The molecule has 3 aromatic rings. The van der Waals surface area contributed by atoms with Gasteiger partial charge in [-0.3, -0.25) is 14.5 Å². The highest BCUT2D eigenvalue weighted by atomic mass is 79.9. The van der Waals surface area contributed by atoms with E-state index in [0.29, 0.717) is 39.3 Å². The number of hydrogen-bond donors (Lipinski definition) is 1. The Labute approximate surface area is 231 Å². The van der Waals surface area contributed by atoms with Gasteiger partial charge in [-0.05, 0) is 87.7 Å². The molecule has 0 aliphatic carbocycles. The molecule has 0 unspecified atom stereocenters. The Morgan fingerprint density at radius 1 is 1.13 bits per heavy atom. The Morgan fingerprint density at radius 3 is 2.55 bits per heavy atom. The number of ether oxygens (including phenoxy) is 2. The van der Waals surface area contributed by atoms with Gasteiger partial charge in [0.15, 0.2) is 11.5 Å². The number of carboxylic acids is 1. The highest BCUT2D eigenvalue weighted by Gasteiger charge is 2.35. The molecule has 0 saturated carbocycles. The largest absolute Gasteiger partial charge is 0.490 e. The molecule has 1 heterocycles. The minimum absolute atomic E-state index is 0.0137. The zero-order chi connectivity index (χ0) is 27.2. The Morgan fingerprint density at radius 2 is 1.87 bits per heavy atom. The Kier molecular flexibility index (Phi) is 8.51. The van der Waals surface area contributed by atoms with Gasteiger partial charge >= 0.3 is 5.97 Å².